The van der Waals surface area contributed by atoms with E-state index in [1.807, 2.05) is 13.8 Å². The number of aryl methyl sites for hydroxylation is 1. The fourth-order valence-electron chi connectivity index (χ4n) is 2.18. The maximum absolute atomic E-state index is 12.2. The molecule has 1 aromatic heterocycles. The summed E-state index contributed by atoms with van der Waals surface area (Å²) in [6, 6.07) is 4.62. The summed E-state index contributed by atoms with van der Waals surface area (Å²) >= 11 is 0. The van der Waals surface area contributed by atoms with Crippen molar-refractivity contribution in [1.82, 2.24) is 4.98 Å². The van der Waals surface area contributed by atoms with E-state index < -0.39 is 6.61 Å². The molecule has 2 rings (SSSR count). The van der Waals surface area contributed by atoms with Crippen LogP contribution >= 0.6 is 0 Å². The van der Waals surface area contributed by atoms with E-state index in [0.29, 0.717) is 16.6 Å². The zero-order valence-electron chi connectivity index (χ0n) is 10.7. The third-order valence-electron chi connectivity index (χ3n) is 2.99. The van der Waals surface area contributed by atoms with E-state index in [-0.39, 0.29) is 5.75 Å². The summed E-state index contributed by atoms with van der Waals surface area (Å²) in [4.78, 5) is 4.44. The molecule has 3 N–H and O–H groups in total. The summed E-state index contributed by atoms with van der Waals surface area (Å²) < 4.78 is 28.9. The molecule has 1 heterocycles. The summed E-state index contributed by atoms with van der Waals surface area (Å²) in [5.74, 6) is 5.64. The Bertz CT molecular complexity index is 602. The Morgan fingerprint density at radius 3 is 2.74 bits per heavy atom. The van der Waals surface area contributed by atoms with Crippen molar-refractivity contribution in [2.75, 3.05) is 5.43 Å². The molecule has 0 bridgehead atoms. The molecule has 0 saturated carbocycles. The lowest BCUT2D eigenvalue weighted by molar-refractivity contribution is -0.0497. The number of ether oxygens (including phenoxy) is 1. The van der Waals surface area contributed by atoms with Gasteiger partial charge in [-0.05, 0) is 37.1 Å². The molecule has 0 aliphatic carbocycles. The highest BCUT2D eigenvalue weighted by molar-refractivity contribution is 5.94. The van der Waals surface area contributed by atoms with E-state index in [1.54, 1.807) is 6.07 Å². The van der Waals surface area contributed by atoms with E-state index in [1.165, 1.54) is 12.1 Å². The second-order valence-corrected chi connectivity index (χ2v) is 4.11. The van der Waals surface area contributed by atoms with Crippen LogP contribution < -0.4 is 16.0 Å². The smallest absolute Gasteiger partial charge is 0.387 e. The van der Waals surface area contributed by atoms with Gasteiger partial charge in [-0.25, -0.2) is 0 Å². The monoisotopic (exact) mass is 267 g/mol. The second-order valence-electron chi connectivity index (χ2n) is 4.11. The zero-order valence-corrected chi connectivity index (χ0v) is 10.7. The Balaban J connectivity index is 2.65. The minimum Gasteiger partial charge on any atom is -0.435 e. The summed E-state index contributed by atoms with van der Waals surface area (Å²) in [7, 11) is 0. The van der Waals surface area contributed by atoms with Gasteiger partial charge in [0.25, 0.3) is 0 Å². The number of rotatable bonds is 4. The molecule has 0 amide bonds. The number of hydrazine groups is 1. The second kappa shape index (κ2) is 5.36. The fourth-order valence-corrected chi connectivity index (χ4v) is 2.18. The number of hydrogen-bond donors (Lipinski definition) is 2. The van der Waals surface area contributed by atoms with Gasteiger partial charge >= 0.3 is 6.61 Å². The predicted octanol–water partition coefficient (Wildman–Crippen LogP) is 2.99. The normalized spacial score (nSPS) is 11.1. The van der Waals surface area contributed by atoms with Crippen LogP contribution in [-0.2, 0) is 6.42 Å². The van der Waals surface area contributed by atoms with E-state index in [9.17, 15) is 8.78 Å². The molecule has 0 aliphatic heterocycles. The van der Waals surface area contributed by atoms with Gasteiger partial charge < -0.3 is 10.2 Å². The van der Waals surface area contributed by atoms with Crippen molar-refractivity contribution in [3.63, 3.8) is 0 Å². The molecule has 6 heteroatoms. The molecule has 4 nitrogen and oxygen atoms in total. The number of alkyl halides is 2. The molecule has 19 heavy (non-hydrogen) atoms. The number of nitrogen functional groups attached to an aromatic ring is 1. The summed E-state index contributed by atoms with van der Waals surface area (Å²) in [5.41, 5.74) is 5.84. The lowest BCUT2D eigenvalue weighted by Crippen LogP contribution is -2.11. The van der Waals surface area contributed by atoms with Crippen LogP contribution in [0.15, 0.2) is 18.2 Å². The molecule has 0 radical (unpaired) electrons. The van der Waals surface area contributed by atoms with Crippen molar-refractivity contribution in [2.24, 2.45) is 5.84 Å². The van der Waals surface area contributed by atoms with Crippen LogP contribution in [0.2, 0.25) is 0 Å². The van der Waals surface area contributed by atoms with E-state index >= 15 is 0 Å². The van der Waals surface area contributed by atoms with Crippen LogP contribution in [0.4, 0.5) is 14.5 Å². The van der Waals surface area contributed by atoms with Crippen molar-refractivity contribution >= 4 is 16.6 Å². The number of hydrogen-bond acceptors (Lipinski definition) is 4. The number of fused-ring (bicyclic) bond motifs is 1. The Morgan fingerprint density at radius 1 is 1.42 bits per heavy atom. The minimum absolute atomic E-state index is 0.0895. The van der Waals surface area contributed by atoms with Crippen molar-refractivity contribution < 1.29 is 13.5 Å². The standard InChI is InChI=1S/C13H15F2N3O/c1-3-9-7(2)17-11-5-4-8(19-13(14)15)6-10(11)12(9)18-16/h4-6,13H,3,16H2,1-2H3,(H,17,18). The molecule has 0 atom stereocenters. The summed E-state index contributed by atoms with van der Waals surface area (Å²) in [5, 5.41) is 0.670. The van der Waals surface area contributed by atoms with Gasteiger partial charge in [-0.2, -0.15) is 8.78 Å². The van der Waals surface area contributed by atoms with Gasteiger partial charge in [0.15, 0.2) is 0 Å². The first-order valence-electron chi connectivity index (χ1n) is 5.91. The van der Waals surface area contributed by atoms with E-state index in [2.05, 4.69) is 15.1 Å². The minimum atomic E-state index is -2.85. The van der Waals surface area contributed by atoms with Crippen molar-refractivity contribution in [3.8, 4) is 5.75 Å². The number of benzene rings is 1. The number of pyridine rings is 1. The lowest BCUT2D eigenvalue weighted by atomic mass is 10.0. The SMILES string of the molecule is CCc1c(C)nc2ccc(OC(F)F)cc2c1NN. The number of anilines is 1. The van der Waals surface area contributed by atoms with Gasteiger partial charge in [0.05, 0.1) is 11.2 Å². The summed E-state index contributed by atoms with van der Waals surface area (Å²) in [6.45, 7) is 1.02. The van der Waals surface area contributed by atoms with Gasteiger partial charge in [-0.3, -0.25) is 10.8 Å². The number of nitrogens with zero attached hydrogens (tertiary/aromatic N) is 1. The van der Waals surface area contributed by atoms with Crippen molar-refractivity contribution in [1.29, 1.82) is 0 Å². The maximum atomic E-state index is 12.2. The third kappa shape index (κ3) is 2.58. The van der Waals surface area contributed by atoms with Gasteiger partial charge in [-0.1, -0.05) is 6.92 Å². The van der Waals surface area contributed by atoms with Crippen LogP contribution in [-0.4, -0.2) is 11.6 Å². The van der Waals surface area contributed by atoms with Gasteiger partial charge in [0.1, 0.15) is 5.75 Å². The van der Waals surface area contributed by atoms with Gasteiger partial charge in [0, 0.05) is 11.1 Å². The topological polar surface area (TPSA) is 60.2 Å². The fraction of sp³-hybridized carbons (Fsp3) is 0.308. The van der Waals surface area contributed by atoms with Crippen molar-refractivity contribution in [3.05, 3.63) is 29.5 Å². The number of nitrogens with two attached hydrogens (primary N) is 1. The molecule has 102 valence electrons. The molecule has 1 aromatic carbocycles. The molecule has 0 aliphatic rings. The highest BCUT2D eigenvalue weighted by atomic mass is 19.3. The van der Waals surface area contributed by atoms with Crippen LogP contribution in [0.3, 0.4) is 0 Å². The number of halogens is 2. The Morgan fingerprint density at radius 2 is 2.16 bits per heavy atom. The highest BCUT2D eigenvalue weighted by Crippen LogP contribution is 2.31. The molecule has 0 saturated heterocycles. The zero-order chi connectivity index (χ0) is 14.0. The average molecular weight is 267 g/mol. The van der Waals surface area contributed by atoms with E-state index in [4.69, 9.17) is 5.84 Å². The van der Waals surface area contributed by atoms with Gasteiger partial charge in [0.2, 0.25) is 0 Å². The van der Waals surface area contributed by atoms with Gasteiger partial charge in [-0.15, -0.1) is 0 Å². The predicted molar refractivity (Wildman–Crippen MR) is 70.3 cm³/mol. The van der Waals surface area contributed by atoms with Crippen LogP contribution in [0.1, 0.15) is 18.2 Å². The maximum Gasteiger partial charge on any atom is 0.387 e. The average Bonchev–Trinajstić information content (AvgIpc) is 2.36. The Kier molecular flexibility index (Phi) is 3.80. The first kappa shape index (κ1) is 13.5. The third-order valence-corrected chi connectivity index (χ3v) is 2.99. The van der Waals surface area contributed by atoms with Crippen molar-refractivity contribution in [2.45, 2.75) is 26.9 Å². The molecular formula is C13H15F2N3O. The molecule has 0 unspecified atom stereocenters. The quantitative estimate of drug-likeness (QED) is 0.660. The largest absolute Gasteiger partial charge is 0.435 e. The highest BCUT2D eigenvalue weighted by Gasteiger charge is 2.12. The number of nitrogens with one attached hydrogen (secondary N) is 1. The van der Waals surface area contributed by atoms with Crippen LogP contribution in [0.5, 0.6) is 5.75 Å². The molecule has 0 spiro atoms. The first-order valence-corrected chi connectivity index (χ1v) is 5.91. The molecule has 0 fully saturated rings. The van der Waals surface area contributed by atoms with Crippen LogP contribution in [0.25, 0.3) is 10.9 Å². The van der Waals surface area contributed by atoms with Crippen LogP contribution in [0, 0.1) is 6.92 Å². The number of aromatic nitrogens is 1. The van der Waals surface area contributed by atoms with E-state index in [0.717, 1.165) is 17.7 Å². The molecular weight excluding hydrogens is 252 g/mol. The Labute approximate surface area is 109 Å². The Hall–Kier alpha value is -1.95. The first-order chi connectivity index (χ1) is 9.06. The summed E-state index contributed by atoms with van der Waals surface area (Å²) in [6.07, 6.45) is 0.744. The molecule has 2 aromatic rings. The lowest BCUT2D eigenvalue weighted by Gasteiger charge is -2.14.